The SMILES string of the molecule is COCCNCCN(C)CCN1CCCC1. The highest BCUT2D eigenvalue weighted by atomic mass is 16.5. The van der Waals surface area contributed by atoms with Crippen LogP contribution in [0.25, 0.3) is 0 Å². The molecule has 4 heteroatoms. The summed E-state index contributed by atoms with van der Waals surface area (Å²) in [5, 5.41) is 3.36. The van der Waals surface area contributed by atoms with Gasteiger partial charge in [0.15, 0.2) is 0 Å². The van der Waals surface area contributed by atoms with Gasteiger partial charge in [0, 0.05) is 39.8 Å². The molecule has 0 aromatic rings. The van der Waals surface area contributed by atoms with Gasteiger partial charge in [-0.3, -0.25) is 0 Å². The Morgan fingerprint density at radius 1 is 1.19 bits per heavy atom. The maximum absolute atomic E-state index is 4.98. The molecule has 1 fully saturated rings. The molecule has 0 aromatic heterocycles. The van der Waals surface area contributed by atoms with E-state index in [0.717, 1.165) is 26.2 Å². The lowest BCUT2D eigenvalue weighted by molar-refractivity contribution is 0.197. The van der Waals surface area contributed by atoms with E-state index in [0.29, 0.717) is 0 Å². The molecule has 4 nitrogen and oxygen atoms in total. The van der Waals surface area contributed by atoms with Crippen LogP contribution in [0.5, 0.6) is 0 Å². The highest BCUT2D eigenvalue weighted by Gasteiger charge is 2.11. The Kier molecular flexibility index (Phi) is 7.76. The molecule has 1 N–H and O–H groups in total. The molecular formula is C12H27N3O. The van der Waals surface area contributed by atoms with Gasteiger partial charge in [0.2, 0.25) is 0 Å². The molecule has 0 aliphatic carbocycles. The zero-order valence-corrected chi connectivity index (χ0v) is 10.9. The second-order valence-electron chi connectivity index (χ2n) is 4.59. The molecule has 0 atom stereocenters. The third-order valence-electron chi connectivity index (χ3n) is 3.15. The Labute approximate surface area is 99.9 Å². The molecule has 0 radical (unpaired) electrons. The molecule has 96 valence electrons. The van der Waals surface area contributed by atoms with Gasteiger partial charge in [0.05, 0.1) is 6.61 Å². The number of hydrogen-bond donors (Lipinski definition) is 1. The third-order valence-corrected chi connectivity index (χ3v) is 3.15. The van der Waals surface area contributed by atoms with Crippen molar-refractivity contribution in [2.45, 2.75) is 12.8 Å². The fourth-order valence-electron chi connectivity index (χ4n) is 2.00. The van der Waals surface area contributed by atoms with Crippen LogP contribution in [0.3, 0.4) is 0 Å². The van der Waals surface area contributed by atoms with Crippen LogP contribution in [-0.2, 0) is 4.74 Å². The lowest BCUT2D eigenvalue weighted by atomic mass is 10.4. The van der Waals surface area contributed by atoms with Crippen molar-refractivity contribution in [3.63, 3.8) is 0 Å². The fraction of sp³-hybridized carbons (Fsp3) is 1.00. The van der Waals surface area contributed by atoms with Crippen molar-refractivity contribution in [3.8, 4) is 0 Å². The highest BCUT2D eigenvalue weighted by Crippen LogP contribution is 2.06. The predicted octanol–water partition coefficient (Wildman–Crippen LogP) is 0.250. The van der Waals surface area contributed by atoms with Crippen molar-refractivity contribution in [3.05, 3.63) is 0 Å². The average molecular weight is 229 g/mol. The van der Waals surface area contributed by atoms with Crippen molar-refractivity contribution in [1.29, 1.82) is 0 Å². The van der Waals surface area contributed by atoms with Gasteiger partial charge in [-0.05, 0) is 33.0 Å². The molecular weight excluding hydrogens is 202 g/mol. The summed E-state index contributed by atoms with van der Waals surface area (Å²) in [6, 6.07) is 0. The number of likely N-dealkylation sites (tertiary alicyclic amines) is 1. The minimum Gasteiger partial charge on any atom is -0.383 e. The minimum atomic E-state index is 0.803. The van der Waals surface area contributed by atoms with Crippen LogP contribution in [0.4, 0.5) is 0 Å². The molecule has 0 spiro atoms. The number of rotatable bonds is 9. The molecule has 1 saturated heterocycles. The highest BCUT2D eigenvalue weighted by molar-refractivity contribution is 4.67. The Morgan fingerprint density at radius 3 is 2.62 bits per heavy atom. The first-order chi connectivity index (χ1) is 7.83. The molecule has 1 aliphatic heterocycles. The first kappa shape index (κ1) is 13.9. The number of nitrogens with one attached hydrogen (secondary N) is 1. The smallest absolute Gasteiger partial charge is 0.0587 e. The number of methoxy groups -OCH3 is 1. The van der Waals surface area contributed by atoms with E-state index in [-0.39, 0.29) is 0 Å². The van der Waals surface area contributed by atoms with Crippen molar-refractivity contribution in [1.82, 2.24) is 15.1 Å². The van der Waals surface area contributed by atoms with Crippen LogP contribution < -0.4 is 5.32 Å². The maximum atomic E-state index is 4.98. The summed E-state index contributed by atoms with van der Waals surface area (Å²) < 4.78 is 4.98. The second kappa shape index (κ2) is 8.93. The quantitative estimate of drug-likeness (QED) is 0.574. The summed E-state index contributed by atoms with van der Waals surface area (Å²) in [5.74, 6) is 0. The van der Waals surface area contributed by atoms with Crippen LogP contribution in [-0.4, -0.2) is 76.4 Å². The predicted molar refractivity (Wildman–Crippen MR) is 67.9 cm³/mol. The van der Waals surface area contributed by atoms with Crippen molar-refractivity contribution < 1.29 is 4.74 Å². The van der Waals surface area contributed by atoms with E-state index in [1.54, 1.807) is 7.11 Å². The van der Waals surface area contributed by atoms with E-state index in [9.17, 15) is 0 Å². The second-order valence-corrected chi connectivity index (χ2v) is 4.59. The normalized spacial score (nSPS) is 17.4. The molecule has 16 heavy (non-hydrogen) atoms. The van der Waals surface area contributed by atoms with E-state index in [1.807, 2.05) is 0 Å². The van der Waals surface area contributed by atoms with E-state index >= 15 is 0 Å². The molecule has 1 rings (SSSR count). The first-order valence-corrected chi connectivity index (χ1v) is 6.43. The van der Waals surface area contributed by atoms with Gasteiger partial charge in [-0.25, -0.2) is 0 Å². The Balaban J connectivity index is 1.87. The Bertz CT molecular complexity index is 160. The minimum absolute atomic E-state index is 0.803. The van der Waals surface area contributed by atoms with E-state index < -0.39 is 0 Å². The van der Waals surface area contributed by atoms with Gasteiger partial charge in [-0.15, -0.1) is 0 Å². The number of nitrogens with zero attached hydrogens (tertiary/aromatic N) is 2. The Morgan fingerprint density at radius 2 is 1.94 bits per heavy atom. The van der Waals surface area contributed by atoms with Gasteiger partial charge in [-0.1, -0.05) is 0 Å². The zero-order valence-electron chi connectivity index (χ0n) is 10.9. The topological polar surface area (TPSA) is 27.7 Å². The average Bonchev–Trinajstić information content (AvgIpc) is 2.79. The monoisotopic (exact) mass is 229 g/mol. The lowest BCUT2D eigenvalue weighted by Gasteiger charge is -2.21. The standard InChI is InChI=1S/C12H27N3O/c1-14(9-5-13-6-12-16-2)10-11-15-7-3-4-8-15/h13H,3-12H2,1-2H3. The molecule has 1 aliphatic rings. The van der Waals surface area contributed by atoms with Crippen molar-refractivity contribution in [2.75, 3.05) is 66.6 Å². The number of likely N-dealkylation sites (N-methyl/N-ethyl adjacent to an activating group) is 1. The van der Waals surface area contributed by atoms with E-state index in [2.05, 4.69) is 22.2 Å². The summed E-state index contributed by atoms with van der Waals surface area (Å²) in [6.07, 6.45) is 2.78. The summed E-state index contributed by atoms with van der Waals surface area (Å²) >= 11 is 0. The number of ether oxygens (including phenoxy) is 1. The molecule has 0 aromatic carbocycles. The molecule has 0 bridgehead atoms. The van der Waals surface area contributed by atoms with Crippen LogP contribution >= 0.6 is 0 Å². The zero-order chi connectivity index (χ0) is 11.6. The van der Waals surface area contributed by atoms with Crippen LogP contribution in [0.2, 0.25) is 0 Å². The van der Waals surface area contributed by atoms with Crippen molar-refractivity contribution in [2.24, 2.45) is 0 Å². The van der Waals surface area contributed by atoms with E-state index in [1.165, 1.54) is 39.0 Å². The van der Waals surface area contributed by atoms with Gasteiger partial charge < -0.3 is 19.9 Å². The molecule has 0 saturated carbocycles. The first-order valence-electron chi connectivity index (χ1n) is 6.43. The molecule has 1 heterocycles. The number of hydrogen-bond acceptors (Lipinski definition) is 4. The van der Waals surface area contributed by atoms with Crippen LogP contribution in [0.1, 0.15) is 12.8 Å². The van der Waals surface area contributed by atoms with Crippen molar-refractivity contribution >= 4 is 0 Å². The molecule has 0 amide bonds. The summed E-state index contributed by atoms with van der Waals surface area (Å²) in [7, 11) is 3.94. The van der Waals surface area contributed by atoms with Gasteiger partial charge in [-0.2, -0.15) is 0 Å². The summed E-state index contributed by atoms with van der Waals surface area (Å²) in [4.78, 5) is 4.97. The maximum Gasteiger partial charge on any atom is 0.0587 e. The van der Waals surface area contributed by atoms with Gasteiger partial charge in [0.1, 0.15) is 0 Å². The van der Waals surface area contributed by atoms with Crippen LogP contribution in [0.15, 0.2) is 0 Å². The summed E-state index contributed by atoms with van der Waals surface area (Å²) in [5.41, 5.74) is 0. The van der Waals surface area contributed by atoms with Gasteiger partial charge >= 0.3 is 0 Å². The largest absolute Gasteiger partial charge is 0.383 e. The molecule has 0 unspecified atom stereocenters. The lowest BCUT2D eigenvalue weighted by Crippen LogP contribution is -2.36. The fourth-order valence-corrected chi connectivity index (χ4v) is 2.00. The van der Waals surface area contributed by atoms with E-state index in [4.69, 9.17) is 4.74 Å². The van der Waals surface area contributed by atoms with Gasteiger partial charge in [0.25, 0.3) is 0 Å². The Hall–Kier alpha value is -0.160. The van der Waals surface area contributed by atoms with Crippen LogP contribution in [0, 0.1) is 0 Å². The summed E-state index contributed by atoms with van der Waals surface area (Å²) in [6.45, 7) is 8.96. The third kappa shape index (κ3) is 6.43.